The normalized spacial score (nSPS) is 21.8. The van der Waals surface area contributed by atoms with E-state index in [0.717, 1.165) is 38.0 Å². The van der Waals surface area contributed by atoms with Gasteiger partial charge in [-0.15, -0.1) is 0 Å². The molecular weight excluding hydrogens is 322 g/mol. The Morgan fingerprint density at radius 1 is 1.12 bits per heavy atom. The molecule has 1 saturated heterocycles. The molecule has 1 heterocycles. The summed E-state index contributed by atoms with van der Waals surface area (Å²) in [6.07, 6.45) is 11.2. The number of likely N-dealkylation sites (tertiary alicyclic amines) is 1. The van der Waals surface area contributed by atoms with Gasteiger partial charge in [0.2, 0.25) is 0 Å². The number of rotatable bonds is 5. The van der Waals surface area contributed by atoms with Crippen molar-refractivity contribution in [2.24, 2.45) is 0 Å². The standard InChI is InChI=1S/C22H35N3O/c1-3-19-12-9-10-16-25(19)22(26)23-21-15-8-7-11-18(21)17-24(2)20-13-5-4-6-14-20/h7-8,11,15,19-20H,3-6,9-10,12-14,16-17H2,1-2H3,(H,23,26). The van der Waals surface area contributed by atoms with Gasteiger partial charge >= 0.3 is 6.03 Å². The summed E-state index contributed by atoms with van der Waals surface area (Å²) in [5, 5.41) is 3.21. The van der Waals surface area contributed by atoms with Gasteiger partial charge in [0.05, 0.1) is 0 Å². The van der Waals surface area contributed by atoms with Gasteiger partial charge in [0.1, 0.15) is 0 Å². The van der Waals surface area contributed by atoms with Crippen LogP contribution in [0, 0.1) is 0 Å². The number of piperidine rings is 1. The van der Waals surface area contributed by atoms with E-state index in [0.29, 0.717) is 12.1 Å². The number of carbonyl (C=O) groups is 1. The summed E-state index contributed by atoms with van der Waals surface area (Å²) >= 11 is 0. The largest absolute Gasteiger partial charge is 0.322 e. The van der Waals surface area contributed by atoms with Crippen LogP contribution in [0.25, 0.3) is 0 Å². The molecule has 1 aliphatic carbocycles. The summed E-state index contributed by atoms with van der Waals surface area (Å²) in [7, 11) is 2.23. The molecule has 1 saturated carbocycles. The number of nitrogens with zero attached hydrogens (tertiary/aromatic N) is 2. The molecule has 2 fully saturated rings. The molecule has 1 N–H and O–H groups in total. The van der Waals surface area contributed by atoms with Crippen molar-refractivity contribution in [2.75, 3.05) is 18.9 Å². The number of urea groups is 1. The Labute approximate surface area is 158 Å². The van der Waals surface area contributed by atoms with Crippen molar-refractivity contribution in [2.45, 2.75) is 83.3 Å². The van der Waals surface area contributed by atoms with E-state index < -0.39 is 0 Å². The number of nitrogens with one attached hydrogen (secondary N) is 1. The Kier molecular flexibility index (Phi) is 6.95. The predicted molar refractivity (Wildman–Crippen MR) is 108 cm³/mol. The van der Waals surface area contributed by atoms with Gasteiger partial charge < -0.3 is 10.2 Å². The Morgan fingerprint density at radius 2 is 1.85 bits per heavy atom. The molecule has 4 nitrogen and oxygen atoms in total. The van der Waals surface area contributed by atoms with Gasteiger partial charge in [-0.3, -0.25) is 4.90 Å². The van der Waals surface area contributed by atoms with Crippen molar-refractivity contribution >= 4 is 11.7 Å². The maximum atomic E-state index is 12.9. The van der Waals surface area contributed by atoms with E-state index in [2.05, 4.69) is 36.3 Å². The smallest absolute Gasteiger partial charge is 0.322 e. The molecule has 144 valence electrons. The maximum absolute atomic E-state index is 12.9. The number of para-hydroxylation sites is 1. The van der Waals surface area contributed by atoms with Gasteiger partial charge in [0, 0.05) is 30.9 Å². The third-order valence-corrected chi connectivity index (χ3v) is 6.24. The first-order valence-electron chi connectivity index (χ1n) is 10.5. The van der Waals surface area contributed by atoms with Gasteiger partial charge in [0.15, 0.2) is 0 Å². The predicted octanol–water partition coefficient (Wildman–Crippen LogP) is 5.25. The van der Waals surface area contributed by atoms with Crippen LogP contribution >= 0.6 is 0 Å². The summed E-state index contributed by atoms with van der Waals surface area (Å²) in [6.45, 7) is 3.97. The van der Waals surface area contributed by atoms with Crippen LogP contribution in [0.15, 0.2) is 24.3 Å². The molecular formula is C22H35N3O. The van der Waals surface area contributed by atoms with Gasteiger partial charge in [-0.05, 0) is 57.2 Å². The molecule has 2 amide bonds. The molecule has 1 unspecified atom stereocenters. The Morgan fingerprint density at radius 3 is 2.62 bits per heavy atom. The highest BCUT2D eigenvalue weighted by Gasteiger charge is 2.26. The van der Waals surface area contributed by atoms with Crippen LogP contribution in [-0.4, -0.2) is 41.5 Å². The first-order valence-corrected chi connectivity index (χ1v) is 10.5. The van der Waals surface area contributed by atoms with E-state index in [1.807, 2.05) is 17.0 Å². The van der Waals surface area contributed by atoms with Crippen LogP contribution in [0.1, 0.15) is 70.3 Å². The lowest BCUT2D eigenvalue weighted by Crippen LogP contribution is -2.45. The molecule has 0 aromatic heterocycles. The summed E-state index contributed by atoms with van der Waals surface area (Å²) < 4.78 is 0. The van der Waals surface area contributed by atoms with Crippen molar-refractivity contribution < 1.29 is 4.79 Å². The van der Waals surface area contributed by atoms with Crippen molar-refractivity contribution in [1.82, 2.24) is 9.80 Å². The van der Waals surface area contributed by atoms with E-state index >= 15 is 0 Å². The molecule has 0 bridgehead atoms. The van der Waals surface area contributed by atoms with Crippen LogP contribution in [0.3, 0.4) is 0 Å². The summed E-state index contributed by atoms with van der Waals surface area (Å²) in [6, 6.07) is 9.45. The summed E-state index contributed by atoms with van der Waals surface area (Å²) in [4.78, 5) is 17.4. The summed E-state index contributed by atoms with van der Waals surface area (Å²) in [5.41, 5.74) is 2.19. The van der Waals surface area contributed by atoms with Gasteiger partial charge in [-0.2, -0.15) is 0 Å². The molecule has 1 atom stereocenters. The third kappa shape index (κ3) is 4.79. The molecule has 1 aromatic carbocycles. The molecule has 1 aromatic rings. The number of anilines is 1. The van der Waals surface area contributed by atoms with Crippen molar-refractivity contribution in [1.29, 1.82) is 0 Å². The van der Waals surface area contributed by atoms with Crippen LogP contribution in [0.5, 0.6) is 0 Å². The second-order valence-corrected chi connectivity index (χ2v) is 8.05. The fourth-order valence-corrected chi connectivity index (χ4v) is 4.58. The highest BCUT2D eigenvalue weighted by Crippen LogP contribution is 2.26. The lowest BCUT2D eigenvalue weighted by atomic mass is 9.94. The second-order valence-electron chi connectivity index (χ2n) is 8.05. The first-order chi connectivity index (χ1) is 12.7. The summed E-state index contributed by atoms with van der Waals surface area (Å²) in [5.74, 6) is 0. The molecule has 3 rings (SSSR count). The Hall–Kier alpha value is -1.55. The van der Waals surface area contributed by atoms with E-state index in [9.17, 15) is 4.79 Å². The second kappa shape index (κ2) is 9.40. The molecule has 0 radical (unpaired) electrons. The first kappa shape index (κ1) is 19.2. The van der Waals surface area contributed by atoms with E-state index in [-0.39, 0.29) is 6.03 Å². The third-order valence-electron chi connectivity index (χ3n) is 6.24. The number of amides is 2. The zero-order chi connectivity index (χ0) is 18.4. The molecule has 2 aliphatic rings. The van der Waals surface area contributed by atoms with E-state index in [1.54, 1.807) is 0 Å². The molecule has 0 spiro atoms. The topological polar surface area (TPSA) is 35.6 Å². The quantitative estimate of drug-likeness (QED) is 0.781. The minimum absolute atomic E-state index is 0.0734. The van der Waals surface area contributed by atoms with E-state index in [1.165, 1.54) is 44.1 Å². The Bertz CT molecular complexity index is 583. The maximum Gasteiger partial charge on any atom is 0.322 e. The minimum Gasteiger partial charge on any atom is -0.322 e. The average Bonchev–Trinajstić information content (AvgIpc) is 2.70. The van der Waals surface area contributed by atoms with Crippen LogP contribution < -0.4 is 5.32 Å². The zero-order valence-electron chi connectivity index (χ0n) is 16.5. The van der Waals surface area contributed by atoms with Gasteiger partial charge in [0.25, 0.3) is 0 Å². The number of benzene rings is 1. The highest BCUT2D eigenvalue weighted by molar-refractivity contribution is 5.90. The average molecular weight is 358 g/mol. The van der Waals surface area contributed by atoms with Crippen molar-refractivity contribution in [3.63, 3.8) is 0 Å². The SMILES string of the molecule is CCC1CCCCN1C(=O)Nc1ccccc1CN(C)C1CCCCC1. The van der Waals surface area contributed by atoms with Gasteiger partial charge in [-0.25, -0.2) is 4.79 Å². The number of hydrogen-bond donors (Lipinski definition) is 1. The Balaban J connectivity index is 1.65. The monoisotopic (exact) mass is 357 g/mol. The van der Waals surface area contributed by atoms with Gasteiger partial charge in [-0.1, -0.05) is 44.4 Å². The molecule has 4 heteroatoms. The van der Waals surface area contributed by atoms with Crippen LogP contribution in [0.4, 0.5) is 10.5 Å². The minimum atomic E-state index is 0.0734. The van der Waals surface area contributed by atoms with Crippen LogP contribution in [0.2, 0.25) is 0 Å². The fraction of sp³-hybridized carbons (Fsp3) is 0.682. The fourth-order valence-electron chi connectivity index (χ4n) is 4.58. The van der Waals surface area contributed by atoms with Crippen molar-refractivity contribution in [3.05, 3.63) is 29.8 Å². The highest BCUT2D eigenvalue weighted by atomic mass is 16.2. The molecule has 1 aliphatic heterocycles. The molecule has 26 heavy (non-hydrogen) atoms. The number of hydrogen-bond acceptors (Lipinski definition) is 2. The zero-order valence-corrected chi connectivity index (χ0v) is 16.5. The lowest BCUT2D eigenvalue weighted by Gasteiger charge is -2.35. The van der Waals surface area contributed by atoms with E-state index in [4.69, 9.17) is 0 Å². The van der Waals surface area contributed by atoms with Crippen LogP contribution in [-0.2, 0) is 6.54 Å². The lowest BCUT2D eigenvalue weighted by molar-refractivity contribution is 0.160. The number of carbonyl (C=O) groups excluding carboxylic acids is 1. The van der Waals surface area contributed by atoms with Crippen molar-refractivity contribution in [3.8, 4) is 0 Å².